The summed E-state index contributed by atoms with van der Waals surface area (Å²) in [7, 11) is -3.76. The van der Waals surface area contributed by atoms with Crippen molar-refractivity contribution in [3.63, 3.8) is 0 Å². The van der Waals surface area contributed by atoms with Gasteiger partial charge >= 0.3 is 0 Å². The molecule has 2 saturated carbocycles. The summed E-state index contributed by atoms with van der Waals surface area (Å²) < 4.78 is 47.2. The fourth-order valence-corrected chi connectivity index (χ4v) is 5.59. The highest BCUT2D eigenvalue weighted by molar-refractivity contribution is 7.90. The lowest BCUT2D eigenvalue weighted by Crippen LogP contribution is -2.51. The number of rotatable bonds is 4. The Morgan fingerprint density at radius 3 is 2.50 bits per heavy atom. The number of nitrogens with one attached hydrogen (secondary N) is 1. The molecule has 124 valence electrons. The summed E-state index contributed by atoms with van der Waals surface area (Å²) in [4.78, 5) is 4.21. The van der Waals surface area contributed by atoms with Crippen LogP contribution < -0.4 is 4.72 Å². The highest BCUT2D eigenvalue weighted by Crippen LogP contribution is 2.39. The third-order valence-electron chi connectivity index (χ3n) is 4.77. The maximum absolute atomic E-state index is 14.1. The van der Waals surface area contributed by atoms with Crippen LogP contribution in [0, 0.1) is 6.92 Å². The second-order valence-electron chi connectivity index (χ2n) is 6.41. The molecule has 6 nitrogen and oxygen atoms in total. The third kappa shape index (κ3) is 2.90. The highest BCUT2D eigenvalue weighted by Gasteiger charge is 2.46. The summed E-state index contributed by atoms with van der Waals surface area (Å²) >= 11 is 0. The first-order valence-electron chi connectivity index (χ1n) is 7.91. The van der Waals surface area contributed by atoms with Gasteiger partial charge in [-0.25, -0.2) is 17.5 Å². The van der Waals surface area contributed by atoms with Gasteiger partial charge in [0, 0.05) is 6.92 Å². The zero-order valence-corrected chi connectivity index (χ0v) is 13.5. The second kappa shape index (κ2) is 5.88. The minimum absolute atomic E-state index is 0.319. The monoisotopic (exact) mass is 331 g/mol. The highest BCUT2D eigenvalue weighted by atomic mass is 32.2. The van der Waals surface area contributed by atoms with Gasteiger partial charge in [0.05, 0.1) is 5.54 Å². The molecule has 1 N–H and O–H groups in total. The van der Waals surface area contributed by atoms with Crippen LogP contribution in [0.15, 0.2) is 4.52 Å². The first-order valence-corrected chi connectivity index (χ1v) is 9.45. The van der Waals surface area contributed by atoms with Crippen LogP contribution in [0.25, 0.3) is 0 Å². The van der Waals surface area contributed by atoms with Crippen molar-refractivity contribution < 1.29 is 17.3 Å². The lowest BCUT2D eigenvalue weighted by Gasteiger charge is -2.32. The maximum Gasteiger partial charge on any atom is 0.223 e. The molecule has 0 bridgehead atoms. The van der Waals surface area contributed by atoms with Crippen LogP contribution in [0.5, 0.6) is 0 Å². The molecule has 3 rings (SSSR count). The number of nitrogens with zero attached hydrogens (tertiary/aromatic N) is 2. The topological polar surface area (TPSA) is 85.1 Å². The van der Waals surface area contributed by atoms with Crippen LogP contribution in [-0.2, 0) is 15.6 Å². The summed E-state index contributed by atoms with van der Waals surface area (Å²) in [5, 5.41) is 2.95. The fourth-order valence-electron chi connectivity index (χ4n) is 3.59. The van der Waals surface area contributed by atoms with Crippen molar-refractivity contribution in [2.24, 2.45) is 0 Å². The normalized spacial score (nSPS) is 28.8. The van der Waals surface area contributed by atoms with Crippen LogP contribution >= 0.6 is 0 Å². The molecular weight excluding hydrogens is 309 g/mol. The molecule has 0 radical (unpaired) electrons. The first kappa shape index (κ1) is 15.9. The van der Waals surface area contributed by atoms with E-state index in [1.807, 2.05) is 0 Å². The predicted octanol–water partition coefficient (Wildman–Crippen LogP) is 2.35. The minimum atomic E-state index is -3.76. The molecule has 0 aromatic carbocycles. The van der Waals surface area contributed by atoms with Crippen molar-refractivity contribution in [1.82, 2.24) is 14.9 Å². The summed E-state index contributed by atoms with van der Waals surface area (Å²) in [6.07, 6.45) is 3.92. The van der Waals surface area contributed by atoms with Gasteiger partial charge in [0.15, 0.2) is 5.82 Å². The summed E-state index contributed by atoms with van der Waals surface area (Å²) in [6.45, 7) is 1.67. The Morgan fingerprint density at radius 1 is 1.23 bits per heavy atom. The van der Waals surface area contributed by atoms with Gasteiger partial charge in [-0.15, -0.1) is 0 Å². The molecule has 2 atom stereocenters. The van der Waals surface area contributed by atoms with Crippen molar-refractivity contribution in [1.29, 1.82) is 0 Å². The number of aryl methyl sites for hydroxylation is 1. The molecule has 0 spiro atoms. The van der Waals surface area contributed by atoms with Crippen LogP contribution in [-0.4, -0.2) is 30.0 Å². The van der Waals surface area contributed by atoms with Crippen molar-refractivity contribution in [2.45, 2.75) is 75.3 Å². The van der Waals surface area contributed by atoms with Crippen molar-refractivity contribution in [3.8, 4) is 0 Å². The second-order valence-corrected chi connectivity index (χ2v) is 8.31. The van der Waals surface area contributed by atoms with Gasteiger partial charge in [-0.05, 0) is 25.7 Å². The molecule has 0 saturated heterocycles. The van der Waals surface area contributed by atoms with E-state index in [1.54, 1.807) is 6.92 Å². The lowest BCUT2D eigenvalue weighted by molar-refractivity contribution is 0.249. The Morgan fingerprint density at radius 2 is 1.91 bits per heavy atom. The van der Waals surface area contributed by atoms with Crippen molar-refractivity contribution in [2.75, 3.05) is 0 Å². The number of aromatic nitrogens is 2. The van der Waals surface area contributed by atoms with Gasteiger partial charge in [-0.2, -0.15) is 4.98 Å². The van der Waals surface area contributed by atoms with E-state index in [-0.39, 0.29) is 0 Å². The number of hydrogen-bond acceptors (Lipinski definition) is 5. The summed E-state index contributed by atoms with van der Waals surface area (Å²) in [5.74, 6) is 0.777. The zero-order chi connectivity index (χ0) is 15.8. The molecule has 0 aliphatic heterocycles. The Labute approximate surface area is 129 Å². The summed E-state index contributed by atoms with van der Waals surface area (Å²) in [5.41, 5.74) is -0.840. The third-order valence-corrected chi connectivity index (χ3v) is 6.77. The molecule has 2 fully saturated rings. The average Bonchev–Trinajstić information content (AvgIpc) is 3.08. The molecule has 1 aromatic rings. The number of alkyl halides is 1. The fraction of sp³-hybridized carbons (Fsp3) is 0.857. The zero-order valence-electron chi connectivity index (χ0n) is 12.7. The van der Waals surface area contributed by atoms with Gasteiger partial charge in [0.1, 0.15) is 11.4 Å². The van der Waals surface area contributed by atoms with Crippen LogP contribution in [0.3, 0.4) is 0 Å². The molecule has 0 unspecified atom stereocenters. The van der Waals surface area contributed by atoms with E-state index >= 15 is 0 Å². The molecule has 2 aliphatic carbocycles. The van der Waals surface area contributed by atoms with Gasteiger partial charge in [-0.3, -0.25) is 0 Å². The van der Waals surface area contributed by atoms with Crippen LogP contribution in [0.1, 0.15) is 63.1 Å². The van der Waals surface area contributed by atoms with Crippen molar-refractivity contribution >= 4 is 10.0 Å². The van der Waals surface area contributed by atoms with Gasteiger partial charge < -0.3 is 4.52 Å². The quantitative estimate of drug-likeness (QED) is 0.915. The molecule has 1 heterocycles. The van der Waals surface area contributed by atoms with E-state index in [0.29, 0.717) is 37.4 Å². The first-order chi connectivity index (χ1) is 10.4. The Hall–Kier alpha value is -1.02. The van der Waals surface area contributed by atoms with Gasteiger partial charge in [-0.1, -0.05) is 30.8 Å². The van der Waals surface area contributed by atoms with Crippen molar-refractivity contribution in [3.05, 3.63) is 11.7 Å². The average molecular weight is 331 g/mol. The molecule has 0 amide bonds. The minimum Gasteiger partial charge on any atom is -0.340 e. The van der Waals surface area contributed by atoms with E-state index in [2.05, 4.69) is 14.9 Å². The molecule has 2 aliphatic rings. The maximum atomic E-state index is 14.1. The standard InChI is InChI=1S/C14H22FN3O3S/c1-10-16-13(17-21-10)14(8-4-5-9-14)18-22(19,20)12-7-3-2-6-11(12)15/h11-12,18H,2-9H2,1H3/t11-,12+/m0/s1. The number of hydrogen-bond donors (Lipinski definition) is 1. The lowest BCUT2D eigenvalue weighted by atomic mass is 9.98. The smallest absolute Gasteiger partial charge is 0.223 e. The number of sulfonamides is 1. The predicted molar refractivity (Wildman–Crippen MR) is 78.4 cm³/mol. The molecule has 1 aromatic heterocycles. The molecule has 22 heavy (non-hydrogen) atoms. The van der Waals surface area contributed by atoms with Gasteiger partial charge in [0.2, 0.25) is 15.9 Å². The van der Waals surface area contributed by atoms with E-state index in [1.165, 1.54) is 0 Å². The molecule has 8 heteroatoms. The van der Waals surface area contributed by atoms with Gasteiger partial charge in [0.25, 0.3) is 0 Å². The van der Waals surface area contributed by atoms with Crippen LogP contribution in [0.2, 0.25) is 0 Å². The Balaban J connectivity index is 1.87. The van der Waals surface area contributed by atoms with E-state index < -0.39 is 27.0 Å². The Kier molecular flexibility index (Phi) is 4.24. The SMILES string of the molecule is Cc1nc(C2(NS(=O)(=O)[C@@H]3CCCC[C@@H]3F)CCCC2)no1. The molecular formula is C14H22FN3O3S. The number of halogens is 1. The van der Waals surface area contributed by atoms with Crippen LogP contribution in [0.4, 0.5) is 4.39 Å². The van der Waals surface area contributed by atoms with E-state index in [4.69, 9.17) is 4.52 Å². The van der Waals surface area contributed by atoms with E-state index in [9.17, 15) is 12.8 Å². The summed E-state index contributed by atoms with van der Waals surface area (Å²) in [6, 6.07) is 0. The van der Waals surface area contributed by atoms with E-state index in [0.717, 1.165) is 25.7 Å². The Bertz CT molecular complexity index is 625. The largest absolute Gasteiger partial charge is 0.340 e.